The molecule has 1 amide bonds. The van der Waals surface area contributed by atoms with Crippen molar-refractivity contribution in [3.05, 3.63) is 89.7 Å². The second kappa shape index (κ2) is 8.75. The van der Waals surface area contributed by atoms with Crippen molar-refractivity contribution in [2.75, 3.05) is 19.0 Å². The lowest BCUT2D eigenvalue weighted by atomic mass is 10.1. The van der Waals surface area contributed by atoms with Gasteiger partial charge in [0.2, 0.25) is 5.78 Å². The lowest BCUT2D eigenvalue weighted by Crippen LogP contribution is -2.14. The van der Waals surface area contributed by atoms with Crippen LogP contribution in [0.25, 0.3) is 11.0 Å². The van der Waals surface area contributed by atoms with Crippen molar-refractivity contribution in [3.63, 3.8) is 0 Å². The normalized spacial score (nSPS) is 10.6. The van der Waals surface area contributed by atoms with Crippen LogP contribution in [0, 0.1) is 0 Å². The van der Waals surface area contributed by atoms with Crippen molar-refractivity contribution in [3.8, 4) is 11.5 Å². The fourth-order valence-corrected chi connectivity index (χ4v) is 3.28. The average molecular weight is 415 g/mol. The van der Waals surface area contributed by atoms with Gasteiger partial charge in [-0.25, -0.2) is 0 Å². The van der Waals surface area contributed by atoms with Gasteiger partial charge in [-0.15, -0.1) is 0 Å². The number of para-hydroxylation sites is 1. The Balaban J connectivity index is 1.71. The Kier molecular flexibility index (Phi) is 5.71. The average Bonchev–Trinajstić information content (AvgIpc) is 3.17. The summed E-state index contributed by atoms with van der Waals surface area (Å²) in [5.74, 6) is 0.610. The summed E-state index contributed by atoms with van der Waals surface area (Å²) in [6, 6.07) is 20.8. The number of ether oxygens (including phenoxy) is 2. The van der Waals surface area contributed by atoms with E-state index in [1.165, 1.54) is 7.11 Å². The van der Waals surface area contributed by atoms with Gasteiger partial charge in [0.1, 0.15) is 17.1 Å². The van der Waals surface area contributed by atoms with Crippen molar-refractivity contribution < 1.29 is 23.5 Å². The van der Waals surface area contributed by atoms with E-state index in [0.29, 0.717) is 45.9 Å². The zero-order valence-electron chi connectivity index (χ0n) is 17.2. The quantitative estimate of drug-likeness (QED) is 0.413. The first kappa shape index (κ1) is 20.2. The first-order valence-corrected chi connectivity index (χ1v) is 9.85. The molecule has 0 saturated carbocycles. The molecule has 0 radical (unpaired) electrons. The molecule has 31 heavy (non-hydrogen) atoms. The Hall–Kier alpha value is -4.06. The first-order valence-electron chi connectivity index (χ1n) is 9.85. The summed E-state index contributed by atoms with van der Waals surface area (Å²) in [5, 5.41) is 3.50. The number of hydrogen-bond acceptors (Lipinski definition) is 5. The second-order valence-corrected chi connectivity index (χ2v) is 6.77. The van der Waals surface area contributed by atoms with E-state index in [0.717, 1.165) is 0 Å². The highest BCUT2D eigenvalue weighted by atomic mass is 16.5. The van der Waals surface area contributed by atoms with Gasteiger partial charge in [-0.1, -0.05) is 18.2 Å². The Morgan fingerprint density at radius 2 is 1.68 bits per heavy atom. The number of hydrogen-bond donors (Lipinski definition) is 1. The number of methoxy groups -OCH3 is 1. The van der Waals surface area contributed by atoms with E-state index < -0.39 is 0 Å². The fraction of sp³-hybridized carbons (Fsp3) is 0.120. The molecule has 0 atom stereocenters. The van der Waals surface area contributed by atoms with Crippen molar-refractivity contribution in [1.29, 1.82) is 0 Å². The van der Waals surface area contributed by atoms with Gasteiger partial charge in [-0.05, 0) is 61.5 Å². The fourth-order valence-electron chi connectivity index (χ4n) is 3.28. The Labute approximate surface area is 179 Å². The highest BCUT2D eigenvalue weighted by Crippen LogP contribution is 2.33. The topological polar surface area (TPSA) is 77.8 Å². The van der Waals surface area contributed by atoms with Gasteiger partial charge in [0.25, 0.3) is 5.91 Å². The number of benzene rings is 3. The van der Waals surface area contributed by atoms with Crippen LogP contribution in [0.2, 0.25) is 0 Å². The number of anilines is 1. The molecule has 6 nitrogen and oxygen atoms in total. The van der Waals surface area contributed by atoms with Crippen LogP contribution in [-0.4, -0.2) is 25.4 Å². The minimum Gasteiger partial charge on any atom is -0.497 e. The maximum absolute atomic E-state index is 13.2. The summed E-state index contributed by atoms with van der Waals surface area (Å²) in [4.78, 5) is 26.1. The molecule has 156 valence electrons. The molecule has 0 aliphatic rings. The van der Waals surface area contributed by atoms with E-state index in [9.17, 15) is 9.59 Å². The summed E-state index contributed by atoms with van der Waals surface area (Å²) < 4.78 is 16.5. The SMILES string of the molecule is CCOc1ccc(C(=O)c2oc3ccccc3c2NC(=O)c2cccc(OC)c2)cc1. The van der Waals surface area contributed by atoms with E-state index in [1.54, 1.807) is 60.7 Å². The highest BCUT2D eigenvalue weighted by molar-refractivity contribution is 6.18. The number of furan rings is 1. The summed E-state index contributed by atoms with van der Waals surface area (Å²) in [7, 11) is 1.54. The molecular formula is C25H21NO5. The minimum atomic E-state index is -0.369. The summed E-state index contributed by atoms with van der Waals surface area (Å²) in [5.41, 5.74) is 1.68. The molecule has 0 saturated heterocycles. The molecule has 0 fully saturated rings. The van der Waals surface area contributed by atoms with E-state index in [1.807, 2.05) is 19.1 Å². The Morgan fingerprint density at radius 1 is 0.903 bits per heavy atom. The third-order valence-electron chi connectivity index (χ3n) is 4.80. The van der Waals surface area contributed by atoms with Crippen molar-refractivity contribution in [1.82, 2.24) is 0 Å². The molecule has 0 spiro atoms. The van der Waals surface area contributed by atoms with Crippen molar-refractivity contribution in [2.24, 2.45) is 0 Å². The molecular weight excluding hydrogens is 394 g/mol. The third kappa shape index (κ3) is 4.14. The molecule has 1 heterocycles. The zero-order valence-corrected chi connectivity index (χ0v) is 17.2. The molecule has 6 heteroatoms. The van der Waals surface area contributed by atoms with Gasteiger partial charge in [0, 0.05) is 16.5 Å². The van der Waals surface area contributed by atoms with Crippen LogP contribution < -0.4 is 14.8 Å². The van der Waals surface area contributed by atoms with Gasteiger partial charge in [-0.2, -0.15) is 0 Å². The number of amides is 1. The smallest absolute Gasteiger partial charge is 0.255 e. The largest absolute Gasteiger partial charge is 0.497 e. The van der Waals surface area contributed by atoms with Gasteiger partial charge < -0.3 is 19.2 Å². The number of ketones is 1. The van der Waals surface area contributed by atoms with Crippen LogP contribution in [-0.2, 0) is 0 Å². The van der Waals surface area contributed by atoms with Crippen LogP contribution in [0.5, 0.6) is 11.5 Å². The lowest BCUT2D eigenvalue weighted by molar-refractivity contribution is 0.101. The monoisotopic (exact) mass is 415 g/mol. The maximum atomic E-state index is 13.2. The predicted octanol–water partition coefficient (Wildman–Crippen LogP) is 5.32. The lowest BCUT2D eigenvalue weighted by Gasteiger charge is -2.08. The summed E-state index contributed by atoms with van der Waals surface area (Å²) >= 11 is 0. The number of nitrogens with one attached hydrogen (secondary N) is 1. The van der Waals surface area contributed by atoms with Crippen LogP contribution in [0.1, 0.15) is 33.4 Å². The zero-order chi connectivity index (χ0) is 21.8. The maximum Gasteiger partial charge on any atom is 0.255 e. The van der Waals surface area contributed by atoms with Gasteiger partial charge in [0.05, 0.1) is 19.4 Å². The van der Waals surface area contributed by atoms with E-state index in [2.05, 4.69) is 5.32 Å². The van der Waals surface area contributed by atoms with Crippen LogP contribution >= 0.6 is 0 Å². The standard InChI is InChI=1S/C25H21NO5/c1-3-30-18-13-11-16(12-14-18)23(27)24-22(20-9-4-5-10-21(20)31-24)26-25(28)17-7-6-8-19(15-17)29-2/h4-15H,3H2,1-2H3,(H,26,28). The van der Waals surface area contributed by atoms with Crippen molar-refractivity contribution >= 4 is 28.3 Å². The third-order valence-corrected chi connectivity index (χ3v) is 4.80. The van der Waals surface area contributed by atoms with E-state index >= 15 is 0 Å². The second-order valence-electron chi connectivity index (χ2n) is 6.77. The van der Waals surface area contributed by atoms with Crippen LogP contribution in [0.4, 0.5) is 5.69 Å². The molecule has 1 aromatic heterocycles. The number of fused-ring (bicyclic) bond motifs is 1. The minimum absolute atomic E-state index is 0.0709. The molecule has 4 aromatic rings. The van der Waals surface area contributed by atoms with E-state index in [-0.39, 0.29) is 17.5 Å². The molecule has 4 rings (SSSR count). The summed E-state index contributed by atoms with van der Waals surface area (Å²) in [6.07, 6.45) is 0. The number of carbonyl (C=O) groups is 2. The van der Waals surface area contributed by atoms with Crippen LogP contribution in [0.3, 0.4) is 0 Å². The molecule has 0 unspecified atom stereocenters. The number of rotatable bonds is 7. The molecule has 3 aromatic carbocycles. The summed E-state index contributed by atoms with van der Waals surface area (Å²) in [6.45, 7) is 2.43. The molecule has 1 N–H and O–H groups in total. The number of carbonyl (C=O) groups excluding carboxylic acids is 2. The Morgan fingerprint density at radius 3 is 2.42 bits per heavy atom. The first-order chi connectivity index (χ1) is 15.1. The van der Waals surface area contributed by atoms with Crippen LogP contribution in [0.15, 0.2) is 77.2 Å². The molecule has 0 aliphatic heterocycles. The van der Waals surface area contributed by atoms with Gasteiger partial charge in [0.15, 0.2) is 5.76 Å². The molecule has 0 bridgehead atoms. The van der Waals surface area contributed by atoms with E-state index in [4.69, 9.17) is 13.9 Å². The van der Waals surface area contributed by atoms with Crippen molar-refractivity contribution in [2.45, 2.75) is 6.92 Å². The molecule has 0 aliphatic carbocycles. The predicted molar refractivity (Wildman–Crippen MR) is 118 cm³/mol. The highest BCUT2D eigenvalue weighted by Gasteiger charge is 2.24. The Bertz CT molecular complexity index is 1240. The van der Waals surface area contributed by atoms with Gasteiger partial charge in [-0.3, -0.25) is 9.59 Å². The van der Waals surface area contributed by atoms with Gasteiger partial charge >= 0.3 is 0 Å².